The first-order valence-corrected chi connectivity index (χ1v) is 14.3. The molecule has 1 N–H and O–H groups in total. The summed E-state index contributed by atoms with van der Waals surface area (Å²) in [5.41, 5.74) is 5.52. The Hall–Kier alpha value is -2.32. The van der Waals surface area contributed by atoms with Crippen LogP contribution >= 0.6 is 0 Å². The average Bonchev–Trinajstić information content (AvgIpc) is 3.14. The van der Waals surface area contributed by atoms with Crippen molar-refractivity contribution in [3.05, 3.63) is 58.9 Å². The average molecular weight is 520 g/mol. The van der Waals surface area contributed by atoms with Gasteiger partial charge in [-0.15, -0.1) is 0 Å². The van der Waals surface area contributed by atoms with Crippen molar-refractivity contribution in [3.8, 4) is 0 Å². The maximum Gasteiger partial charge on any atom is 0.241 e. The van der Waals surface area contributed by atoms with E-state index in [1.165, 1.54) is 11.1 Å². The zero-order chi connectivity index (χ0) is 27.0. The second kappa shape index (κ2) is 11.0. The van der Waals surface area contributed by atoms with Crippen LogP contribution in [0.5, 0.6) is 0 Å². The van der Waals surface area contributed by atoms with Crippen LogP contribution in [-0.4, -0.2) is 90.8 Å². The molecule has 0 spiro atoms. The van der Waals surface area contributed by atoms with Crippen molar-refractivity contribution in [3.63, 3.8) is 0 Å². The Labute approximate surface area is 228 Å². The third-order valence-corrected chi connectivity index (χ3v) is 8.58. The number of benzene rings is 1. The molecule has 4 atom stereocenters. The van der Waals surface area contributed by atoms with Gasteiger partial charge in [0.25, 0.3) is 0 Å². The second-order valence-corrected chi connectivity index (χ2v) is 12.6. The number of hydrogen-bond donors (Lipinski definition) is 1. The van der Waals surface area contributed by atoms with Gasteiger partial charge in [-0.05, 0) is 51.3 Å². The molecule has 206 valence electrons. The lowest BCUT2D eigenvalue weighted by atomic mass is 9.91. The number of rotatable bonds is 6. The monoisotopic (exact) mass is 519 g/mol. The second-order valence-electron chi connectivity index (χ2n) is 12.6. The van der Waals surface area contributed by atoms with Crippen molar-refractivity contribution in [1.29, 1.82) is 0 Å². The van der Waals surface area contributed by atoms with Crippen LogP contribution in [0.15, 0.2) is 36.5 Å². The number of carbonyl (C=O) groups is 1. The number of aryl methyl sites for hydroxylation is 1. The normalized spacial score (nSPS) is 27.9. The number of amides is 1. The topological polar surface area (TPSA) is 60.9 Å². The van der Waals surface area contributed by atoms with E-state index in [0.717, 1.165) is 56.2 Å². The number of morpholine rings is 1. The number of fused-ring (bicyclic) bond motifs is 1. The highest BCUT2D eigenvalue weighted by atomic mass is 16.5. The van der Waals surface area contributed by atoms with Crippen LogP contribution in [0.2, 0.25) is 0 Å². The smallest absolute Gasteiger partial charge is 0.241 e. The summed E-state index contributed by atoms with van der Waals surface area (Å²) in [7, 11) is 0. The summed E-state index contributed by atoms with van der Waals surface area (Å²) in [4.78, 5) is 25.8. The molecule has 4 heterocycles. The molecule has 0 radical (unpaired) electrons. The Morgan fingerprint density at radius 1 is 1.11 bits per heavy atom. The number of aromatic nitrogens is 1. The van der Waals surface area contributed by atoms with Gasteiger partial charge in [0.05, 0.1) is 31.1 Å². The highest BCUT2D eigenvalue weighted by Crippen LogP contribution is 2.39. The van der Waals surface area contributed by atoms with E-state index in [1.54, 1.807) is 0 Å². The molecule has 1 amide bonds. The molecule has 7 nitrogen and oxygen atoms in total. The molecule has 3 aliphatic rings. The minimum Gasteiger partial charge on any atom is -0.378 e. The van der Waals surface area contributed by atoms with Gasteiger partial charge < -0.3 is 15.0 Å². The molecule has 0 unspecified atom stereocenters. The van der Waals surface area contributed by atoms with E-state index in [1.807, 2.05) is 11.1 Å². The minimum atomic E-state index is -0.164. The zero-order valence-corrected chi connectivity index (χ0v) is 24.0. The summed E-state index contributed by atoms with van der Waals surface area (Å²) in [6.07, 6.45) is 2.81. The van der Waals surface area contributed by atoms with E-state index in [2.05, 4.69) is 87.0 Å². The number of piperazine rings is 1. The SMILES string of the molecule is Cc1ccc(Cc2cnc3c(c2)N(C(=O)CN2C[C@@H](C)NC[C@@H]2CN2[C@H](C)COC[C@H]2C)CC3(C)C)cc1. The van der Waals surface area contributed by atoms with Crippen molar-refractivity contribution in [2.24, 2.45) is 0 Å². The molecule has 2 aromatic rings. The lowest BCUT2D eigenvalue weighted by Gasteiger charge is -2.46. The van der Waals surface area contributed by atoms with E-state index in [9.17, 15) is 4.79 Å². The van der Waals surface area contributed by atoms with Crippen LogP contribution < -0.4 is 10.2 Å². The van der Waals surface area contributed by atoms with Crippen LogP contribution in [0.1, 0.15) is 57.0 Å². The number of hydrogen-bond acceptors (Lipinski definition) is 6. The van der Waals surface area contributed by atoms with E-state index in [0.29, 0.717) is 37.3 Å². The van der Waals surface area contributed by atoms with Crippen LogP contribution in [0.3, 0.4) is 0 Å². The molecule has 0 bridgehead atoms. The van der Waals surface area contributed by atoms with Gasteiger partial charge in [-0.2, -0.15) is 0 Å². The van der Waals surface area contributed by atoms with Gasteiger partial charge in [0.15, 0.2) is 0 Å². The predicted octanol–water partition coefficient (Wildman–Crippen LogP) is 3.38. The summed E-state index contributed by atoms with van der Waals surface area (Å²) in [6.45, 7) is 18.6. The Morgan fingerprint density at radius 2 is 1.82 bits per heavy atom. The maximum absolute atomic E-state index is 13.9. The fourth-order valence-electron chi connectivity index (χ4n) is 6.34. The zero-order valence-electron chi connectivity index (χ0n) is 24.0. The molecule has 2 saturated heterocycles. The van der Waals surface area contributed by atoms with Gasteiger partial charge in [0, 0.05) is 62.0 Å². The molecule has 5 rings (SSSR count). The van der Waals surface area contributed by atoms with Gasteiger partial charge in [0.2, 0.25) is 5.91 Å². The Bertz CT molecular complexity index is 1120. The van der Waals surface area contributed by atoms with Crippen molar-refractivity contribution in [1.82, 2.24) is 20.1 Å². The molecular weight excluding hydrogens is 474 g/mol. The van der Waals surface area contributed by atoms with E-state index >= 15 is 0 Å². The van der Waals surface area contributed by atoms with Crippen molar-refractivity contribution < 1.29 is 9.53 Å². The molecule has 0 saturated carbocycles. The molecular formula is C31H45N5O2. The number of pyridine rings is 1. The summed E-state index contributed by atoms with van der Waals surface area (Å²) >= 11 is 0. The summed E-state index contributed by atoms with van der Waals surface area (Å²) < 4.78 is 5.76. The van der Waals surface area contributed by atoms with Crippen LogP contribution in [0.4, 0.5) is 5.69 Å². The molecule has 38 heavy (non-hydrogen) atoms. The summed E-state index contributed by atoms with van der Waals surface area (Å²) in [5.74, 6) is 0.174. The van der Waals surface area contributed by atoms with Gasteiger partial charge in [-0.1, -0.05) is 43.7 Å². The Balaban J connectivity index is 1.33. The minimum absolute atomic E-state index is 0.164. The number of nitrogens with one attached hydrogen (secondary N) is 1. The first-order chi connectivity index (χ1) is 18.1. The highest BCUT2D eigenvalue weighted by molar-refractivity contribution is 5.97. The van der Waals surface area contributed by atoms with Crippen molar-refractivity contribution in [2.75, 3.05) is 50.8 Å². The Morgan fingerprint density at radius 3 is 2.53 bits per heavy atom. The van der Waals surface area contributed by atoms with Crippen molar-refractivity contribution >= 4 is 11.6 Å². The summed E-state index contributed by atoms with van der Waals surface area (Å²) in [6, 6.07) is 12.3. The Kier molecular flexibility index (Phi) is 7.92. The van der Waals surface area contributed by atoms with Gasteiger partial charge in [0.1, 0.15) is 0 Å². The van der Waals surface area contributed by atoms with E-state index < -0.39 is 0 Å². The summed E-state index contributed by atoms with van der Waals surface area (Å²) in [5, 5.41) is 3.65. The van der Waals surface area contributed by atoms with Crippen LogP contribution in [0.25, 0.3) is 0 Å². The number of anilines is 1. The van der Waals surface area contributed by atoms with E-state index in [4.69, 9.17) is 9.72 Å². The maximum atomic E-state index is 13.9. The molecule has 3 aliphatic heterocycles. The number of ether oxygens (including phenoxy) is 1. The fraction of sp³-hybridized carbons (Fsp3) is 0.613. The third-order valence-electron chi connectivity index (χ3n) is 8.58. The molecule has 1 aromatic heterocycles. The van der Waals surface area contributed by atoms with Gasteiger partial charge in [-0.3, -0.25) is 19.6 Å². The lowest BCUT2D eigenvalue weighted by molar-refractivity contribution is -0.121. The molecule has 1 aromatic carbocycles. The largest absolute Gasteiger partial charge is 0.378 e. The molecule has 7 heteroatoms. The molecule has 2 fully saturated rings. The first-order valence-electron chi connectivity index (χ1n) is 14.3. The fourth-order valence-corrected chi connectivity index (χ4v) is 6.34. The molecule has 0 aliphatic carbocycles. The lowest BCUT2D eigenvalue weighted by Crippen LogP contribution is -2.63. The third kappa shape index (κ3) is 5.81. The number of carbonyl (C=O) groups excluding carboxylic acids is 1. The number of nitrogens with zero attached hydrogens (tertiary/aromatic N) is 4. The van der Waals surface area contributed by atoms with Gasteiger partial charge >= 0.3 is 0 Å². The highest BCUT2D eigenvalue weighted by Gasteiger charge is 2.41. The van der Waals surface area contributed by atoms with Crippen LogP contribution in [-0.2, 0) is 21.4 Å². The van der Waals surface area contributed by atoms with E-state index in [-0.39, 0.29) is 11.3 Å². The van der Waals surface area contributed by atoms with Gasteiger partial charge in [-0.25, -0.2) is 0 Å². The van der Waals surface area contributed by atoms with Crippen molar-refractivity contribution in [2.45, 2.75) is 77.5 Å². The predicted molar refractivity (Wildman–Crippen MR) is 153 cm³/mol. The van der Waals surface area contributed by atoms with Crippen LogP contribution in [0, 0.1) is 6.92 Å². The quantitative estimate of drug-likeness (QED) is 0.632. The first kappa shape index (κ1) is 27.3. The standard InChI is InChI=1S/C31H45N5O2/c1-21-7-9-25(10-8-21)11-26-12-28-30(33-13-26)31(5,6)20-36(28)29(37)17-34-15-22(2)32-14-27(34)16-35-23(3)18-38-19-24(35)4/h7-10,12-13,22-24,27,32H,11,14-20H2,1-6H3/t22-,23-,24-,27-/m1/s1.